The largest absolute Gasteiger partial charge is 0.491 e. The summed E-state index contributed by atoms with van der Waals surface area (Å²) in [5, 5.41) is 9.37. The van der Waals surface area contributed by atoms with Gasteiger partial charge in [0.05, 0.1) is 6.61 Å². The number of carbonyl (C=O) groups excluding carboxylic acids is 1. The highest BCUT2D eigenvalue weighted by Crippen LogP contribution is 2.17. The fraction of sp³-hybridized carbons (Fsp3) is 0.300. The summed E-state index contributed by atoms with van der Waals surface area (Å²) in [6, 6.07) is 5.26. The standard InChI is InChI=1S/C10H11BO4/c1-7(12)5-14-9-2-3-10-8(4-9)6-15-11(10)13/h2-4,13H,5-6H2,1H3. The summed E-state index contributed by atoms with van der Waals surface area (Å²) in [6.45, 7) is 1.93. The molecule has 0 bridgehead atoms. The zero-order valence-corrected chi connectivity index (χ0v) is 8.40. The van der Waals surface area contributed by atoms with Crippen molar-refractivity contribution in [3.8, 4) is 5.75 Å². The summed E-state index contributed by atoms with van der Waals surface area (Å²) in [4.78, 5) is 10.7. The first-order chi connectivity index (χ1) is 7.16. The molecule has 0 aromatic heterocycles. The van der Waals surface area contributed by atoms with E-state index in [1.54, 1.807) is 18.2 Å². The van der Waals surface area contributed by atoms with Gasteiger partial charge in [-0.05, 0) is 30.1 Å². The van der Waals surface area contributed by atoms with Crippen molar-refractivity contribution >= 4 is 18.4 Å². The molecule has 0 atom stereocenters. The van der Waals surface area contributed by atoms with Crippen molar-refractivity contribution < 1.29 is 19.2 Å². The van der Waals surface area contributed by atoms with Gasteiger partial charge in [-0.15, -0.1) is 0 Å². The van der Waals surface area contributed by atoms with E-state index < -0.39 is 7.12 Å². The Kier molecular flexibility index (Phi) is 2.75. The van der Waals surface area contributed by atoms with Crippen LogP contribution in [0.25, 0.3) is 0 Å². The maximum Gasteiger partial charge on any atom is 0.491 e. The third-order valence-corrected chi connectivity index (χ3v) is 2.22. The van der Waals surface area contributed by atoms with E-state index in [2.05, 4.69) is 0 Å². The Balaban J connectivity index is 2.12. The Hall–Kier alpha value is -1.33. The lowest BCUT2D eigenvalue weighted by atomic mass is 9.80. The van der Waals surface area contributed by atoms with Crippen LogP contribution in [0.15, 0.2) is 18.2 Å². The van der Waals surface area contributed by atoms with Crippen molar-refractivity contribution in [1.29, 1.82) is 0 Å². The van der Waals surface area contributed by atoms with E-state index in [9.17, 15) is 9.82 Å². The molecule has 1 N–H and O–H groups in total. The Bertz CT molecular complexity index is 391. The molecular formula is C10H11BO4. The van der Waals surface area contributed by atoms with Crippen LogP contribution >= 0.6 is 0 Å². The topological polar surface area (TPSA) is 55.8 Å². The fourth-order valence-corrected chi connectivity index (χ4v) is 1.48. The van der Waals surface area contributed by atoms with Crippen LogP contribution in [0.4, 0.5) is 0 Å². The van der Waals surface area contributed by atoms with Crippen LogP contribution in [-0.4, -0.2) is 24.5 Å². The molecule has 4 nitrogen and oxygen atoms in total. The van der Waals surface area contributed by atoms with Gasteiger partial charge in [0.1, 0.15) is 12.4 Å². The summed E-state index contributed by atoms with van der Waals surface area (Å²) in [5.41, 5.74) is 1.67. The van der Waals surface area contributed by atoms with Gasteiger partial charge < -0.3 is 14.4 Å². The van der Waals surface area contributed by atoms with Crippen molar-refractivity contribution in [2.75, 3.05) is 6.61 Å². The van der Waals surface area contributed by atoms with Gasteiger partial charge in [0.25, 0.3) is 0 Å². The fourth-order valence-electron chi connectivity index (χ4n) is 1.48. The number of ketones is 1. The van der Waals surface area contributed by atoms with E-state index in [1.165, 1.54) is 6.92 Å². The second-order valence-corrected chi connectivity index (χ2v) is 3.51. The van der Waals surface area contributed by atoms with Crippen LogP contribution < -0.4 is 10.2 Å². The van der Waals surface area contributed by atoms with Gasteiger partial charge in [0, 0.05) is 0 Å². The lowest BCUT2D eigenvalue weighted by Gasteiger charge is -2.05. The normalized spacial score (nSPS) is 13.9. The number of hydrogen-bond donors (Lipinski definition) is 1. The monoisotopic (exact) mass is 206 g/mol. The number of fused-ring (bicyclic) bond motifs is 1. The van der Waals surface area contributed by atoms with E-state index in [-0.39, 0.29) is 12.4 Å². The summed E-state index contributed by atoms with van der Waals surface area (Å²) in [6.07, 6.45) is 0. The third-order valence-electron chi connectivity index (χ3n) is 2.22. The highest BCUT2D eigenvalue weighted by atomic mass is 16.5. The van der Waals surface area contributed by atoms with Crippen molar-refractivity contribution in [3.05, 3.63) is 23.8 Å². The molecule has 2 rings (SSSR count). The first-order valence-corrected chi connectivity index (χ1v) is 4.71. The van der Waals surface area contributed by atoms with Crippen molar-refractivity contribution in [2.45, 2.75) is 13.5 Å². The first kappa shape index (κ1) is 10.2. The molecule has 0 fully saturated rings. The highest BCUT2D eigenvalue weighted by Gasteiger charge is 2.27. The van der Waals surface area contributed by atoms with Crippen LogP contribution in [-0.2, 0) is 16.1 Å². The van der Waals surface area contributed by atoms with Crippen molar-refractivity contribution in [3.63, 3.8) is 0 Å². The molecule has 0 radical (unpaired) electrons. The van der Waals surface area contributed by atoms with Crippen molar-refractivity contribution in [2.24, 2.45) is 0 Å². The minimum Gasteiger partial charge on any atom is -0.486 e. The smallest absolute Gasteiger partial charge is 0.486 e. The minimum absolute atomic E-state index is 0.0215. The van der Waals surface area contributed by atoms with Gasteiger partial charge in [0.2, 0.25) is 0 Å². The van der Waals surface area contributed by atoms with E-state index in [1.807, 2.05) is 0 Å². The number of ether oxygens (including phenoxy) is 1. The quantitative estimate of drug-likeness (QED) is 0.700. The van der Waals surface area contributed by atoms with Gasteiger partial charge in [-0.3, -0.25) is 4.79 Å². The predicted octanol–water partition coefficient (Wildman–Crippen LogP) is -0.128. The molecule has 0 unspecified atom stereocenters. The Morgan fingerprint density at radius 1 is 1.67 bits per heavy atom. The lowest BCUT2D eigenvalue weighted by molar-refractivity contribution is -0.118. The Morgan fingerprint density at radius 3 is 3.20 bits per heavy atom. The maximum atomic E-state index is 10.7. The number of Topliss-reactive ketones (excluding diaryl/α,β-unsaturated/α-hetero) is 1. The van der Waals surface area contributed by atoms with E-state index in [4.69, 9.17) is 9.39 Å². The summed E-state index contributed by atoms with van der Waals surface area (Å²) < 4.78 is 10.3. The molecule has 15 heavy (non-hydrogen) atoms. The van der Waals surface area contributed by atoms with Crippen LogP contribution in [0.5, 0.6) is 5.75 Å². The van der Waals surface area contributed by atoms with Gasteiger partial charge in [-0.2, -0.15) is 0 Å². The summed E-state index contributed by atoms with van der Waals surface area (Å²) in [7, 11) is -0.832. The molecule has 1 heterocycles. The first-order valence-electron chi connectivity index (χ1n) is 4.71. The van der Waals surface area contributed by atoms with Crippen LogP contribution in [0.3, 0.4) is 0 Å². The number of hydrogen-bond acceptors (Lipinski definition) is 4. The Labute approximate surface area is 88.0 Å². The average molecular weight is 206 g/mol. The molecule has 0 spiro atoms. The lowest BCUT2D eigenvalue weighted by Crippen LogP contribution is -2.27. The van der Waals surface area contributed by atoms with Crippen molar-refractivity contribution in [1.82, 2.24) is 0 Å². The molecule has 5 heteroatoms. The van der Waals surface area contributed by atoms with Gasteiger partial charge >= 0.3 is 7.12 Å². The minimum atomic E-state index is -0.832. The zero-order chi connectivity index (χ0) is 10.8. The summed E-state index contributed by atoms with van der Waals surface area (Å²) >= 11 is 0. The number of carbonyl (C=O) groups is 1. The molecule has 78 valence electrons. The molecule has 0 saturated carbocycles. The predicted molar refractivity (Wildman–Crippen MR) is 55.0 cm³/mol. The maximum absolute atomic E-state index is 10.7. The number of rotatable bonds is 3. The Morgan fingerprint density at radius 2 is 2.47 bits per heavy atom. The molecular weight excluding hydrogens is 195 g/mol. The van der Waals surface area contributed by atoms with Gasteiger partial charge in [0.15, 0.2) is 5.78 Å². The van der Waals surface area contributed by atoms with E-state index >= 15 is 0 Å². The third kappa shape index (κ3) is 2.19. The van der Waals surface area contributed by atoms with Crippen LogP contribution in [0, 0.1) is 0 Å². The SMILES string of the molecule is CC(=O)COc1ccc2c(c1)COB2O. The molecule has 0 saturated heterocycles. The summed E-state index contributed by atoms with van der Waals surface area (Å²) in [5.74, 6) is 0.605. The molecule has 1 aliphatic rings. The molecule has 0 aliphatic carbocycles. The van der Waals surface area contributed by atoms with Crippen LogP contribution in [0.1, 0.15) is 12.5 Å². The second-order valence-electron chi connectivity index (χ2n) is 3.51. The van der Waals surface area contributed by atoms with E-state index in [0.29, 0.717) is 12.4 Å². The van der Waals surface area contributed by atoms with Crippen LogP contribution in [0.2, 0.25) is 0 Å². The average Bonchev–Trinajstić information content (AvgIpc) is 2.57. The van der Waals surface area contributed by atoms with Gasteiger partial charge in [-0.1, -0.05) is 6.07 Å². The zero-order valence-electron chi connectivity index (χ0n) is 8.40. The molecule has 1 aliphatic heterocycles. The highest BCUT2D eigenvalue weighted by molar-refractivity contribution is 6.61. The molecule has 0 amide bonds. The van der Waals surface area contributed by atoms with E-state index in [0.717, 1.165) is 11.0 Å². The molecule has 1 aromatic rings. The van der Waals surface area contributed by atoms with Gasteiger partial charge in [-0.25, -0.2) is 0 Å². The number of benzene rings is 1. The molecule has 1 aromatic carbocycles. The second kappa shape index (κ2) is 4.04.